The van der Waals surface area contributed by atoms with Crippen molar-refractivity contribution in [2.24, 2.45) is 0 Å². The van der Waals surface area contributed by atoms with Crippen LogP contribution in [0.5, 0.6) is 5.75 Å². The van der Waals surface area contributed by atoms with Crippen LogP contribution < -0.4 is 14.8 Å². The molecule has 0 radical (unpaired) electrons. The maximum atomic E-state index is 13.4. The van der Waals surface area contributed by atoms with Gasteiger partial charge in [0.1, 0.15) is 11.4 Å². The van der Waals surface area contributed by atoms with Crippen LogP contribution in [0.4, 0.5) is 0 Å². The molecule has 6 aromatic rings. The lowest BCUT2D eigenvalue weighted by atomic mass is 10.0. The third-order valence-electron chi connectivity index (χ3n) is 6.17. The normalized spacial score (nSPS) is 11.9. The fourth-order valence-electron chi connectivity index (χ4n) is 4.33. The van der Waals surface area contributed by atoms with Gasteiger partial charge in [-0.15, -0.1) is 5.10 Å². The van der Waals surface area contributed by atoms with E-state index in [0.717, 1.165) is 33.8 Å². The molecule has 0 unspecified atom stereocenters. The first-order valence-corrected chi connectivity index (χ1v) is 13.7. The molecule has 6 rings (SSSR count). The van der Waals surface area contributed by atoms with Crippen molar-refractivity contribution in [3.8, 4) is 34.1 Å². The van der Waals surface area contributed by atoms with Crippen LogP contribution in [-0.2, 0) is 0 Å². The van der Waals surface area contributed by atoms with Gasteiger partial charge in [0, 0.05) is 27.9 Å². The van der Waals surface area contributed by atoms with E-state index in [1.165, 1.54) is 15.9 Å². The van der Waals surface area contributed by atoms with E-state index >= 15 is 0 Å². The monoisotopic (exact) mass is 573 g/mol. The maximum absolute atomic E-state index is 13.4. The zero-order valence-electron chi connectivity index (χ0n) is 20.9. The largest absolute Gasteiger partial charge is 0.494 e. The number of aryl methyl sites for hydroxylation is 1. The van der Waals surface area contributed by atoms with Crippen molar-refractivity contribution >= 4 is 45.6 Å². The molecule has 3 heterocycles. The Hall–Kier alpha value is -3.98. The Kier molecular flexibility index (Phi) is 6.68. The van der Waals surface area contributed by atoms with Gasteiger partial charge >= 0.3 is 0 Å². The summed E-state index contributed by atoms with van der Waals surface area (Å²) in [6.45, 7) is 4.57. The summed E-state index contributed by atoms with van der Waals surface area (Å²) in [5, 5.41) is 10.3. The van der Waals surface area contributed by atoms with Gasteiger partial charge in [-0.05, 0) is 74.0 Å². The van der Waals surface area contributed by atoms with E-state index in [1.54, 1.807) is 18.2 Å². The molecule has 0 N–H and O–H groups in total. The lowest BCUT2D eigenvalue weighted by molar-refractivity contribution is 0.340. The van der Waals surface area contributed by atoms with Crippen LogP contribution in [-0.4, -0.2) is 31.0 Å². The number of thiazole rings is 1. The van der Waals surface area contributed by atoms with Gasteiger partial charge in [-0.1, -0.05) is 52.7 Å². The summed E-state index contributed by atoms with van der Waals surface area (Å²) in [7, 11) is 0. The van der Waals surface area contributed by atoms with Crippen LogP contribution in [0.15, 0.2) is 77.7 Å². The van der Waals surface area contributed by atoms with Crippen LogP contribution in [0.25, 0.3) is 39.4 Å². The molecule has 7 nitrogen and oxygen atoms in total. The Morgan fingerprint density at radius 1 is 1.00 bits per heavy atom. The number of fused-ring (bicyclic) bond motifs is 1. The van der Waals surface area contributed by atoms with Gasteiger partial charge in [0.15, 0.2) is 5.82 Å². The van der Waals surface area contributed by atoms with Crippen LogP contribution in [0, 0.1) is 6.92 Å². The summed E-state index contributed by atoms with van der Waals surface area (Å²) in [5.41, 5.74) is 4.78. The molecule has 0 aliphatic heterocycles. The third kappa shape index (κ3) is 4.83. The molecule has 10 heteroatoms. The highest BCUT2D eigenvalue weighted by molar-refractivity contribution is 7.15. The van der Waals surface area contributed by atoms with Crippen molar-refractivity contribution in [1.82, 2.24) is 24.4 Å². The molecular weight excluding hydrogens is 553 g/mol. The molecule has 0 saturated heterocycles. The highest BCUT2D eigenvalue weighted by atomic mass is 35.5. The number of hydrogen-bond acceptors (Lipinski definition) is 6. The molecule has 0 aliphatic carbocycles. The van der Waals surface area contributed by atoms with Gasteiger partial charge in [0.25, 0.3) is 5.56 Å². The summed E-state index contributed by atoms with van der Waals surface area (Å²) in [6.07, 6.45) is 3.77. The van der Waals surface area contributed by atoms with Gasteiger partial charge in [-0.3, -0.25) is 4.79 Å². The Morgan fingerprint density at radius 2 is 1.79 bits per heavy atom. The minimum absolute atomic E-state index is 0.263. The molecule has 3 aromatic carbocycles. The second-order valence-electron chi connectivity index (χ2n) is 8.79. The van der Waals surface area contributed by atoms with E-state index in [1.807, 2.05) is 79.3 Å². The van der Waals surface area contributed by atoms with Crippen LogP contribution in [0.1, 0.15) is 18.1 Å². The highest BCUT2D eigenvalue weighted by Crippen LogP contribution is 2.31. The van der Waals surface area contributed by atoms with E-state index in [2.05, 4.69) is 10.1 Å². The first kappa shape index (κ1) is 25.3. The number of nitrogens with zero attached hydrogens (tertiary/aromatic N) is 5. The Labute approximate surface area is 237 Å². The number of ether oxygens (including phenoxy) is 1. The van der Waals surface area contributed by atoms with Crippen molar-refractivity contribution in [2.45, 2.75) is 13.8 Å². The number of hydrogen-bond donors (Lipinski definition) is 0. The molecule has 0 bridgehead atoms. The standard InChI is InChI=1S/C29H21Cl2N5O2S/c1-3-38-21-10-12-22(17(2)13-21)26-18(16-35(33-26)20-7-5-4-6-8-20)14-25-28(37)36-29(39-25)32-27(34-36)23-11-9-19(30)15-24(23)31/h4-16H,3H2,1-2H3. The molecule has 194 valence electrons. The first-order chi connectivity index (χ1) is 18.9. The van der Waals surface area contributed by atoms with Gasteiger partial charge in [0.2, 0.25) is 4.96 Å². The fraction of sp³-hybridized carbons (Fsp3) is 0.103. The second-order valence-corrected chi connectivity index (χ2v) is 10.6. The summed E-state index contributed by atoms with van der Waals surface area (Å²) in [5.74, 6) is 1.17. The van der Waals surface area contributed by atoms with Gasteiger partial charge < -0.3 is 4.74 Å². The van der Waals surface area contributed by atoms with Crippen molar-refractivity contribution < 1.29 is 4.74 Å². The van der Waals surface area contributed by atoms with Crippen LogP contribution in [0.3, 0.4) is 0 Å². The number of benzene rings is 3. The van der Waals surface area contributed by atoms with E-state index < -0.39 is 0 Å². The number of para-hydroxylation sites is 1. The van der Waals surface area contributed by atoms with Gasteiger partial charge in [-0.2, -0.15) is 14.6 Å². The molecule has 0 aliphatic rings. The number of halogens is 2. The smallest absolute Gasteiger partial charge is 0.291 e. The Morgan fingerprint density at radius 3 is 2.51 bits per heavy atom. The molecule has 0 spiro atoms. The SMILES string of the molecule is CCOc1ccc(-c2nn(-c3ccccc3)cc2C=c2sc3nc(-c4ccc(Cl)cc4Cl)nn3c2=O)c(C)c1. The molecular formula is C29H21Cl2N5O2S. The minimum atomic E-state index is -0.263. The first-order valence-electron chi connectivity index (χ1n) is 12.2. The Balaban J connectivity index is 1.48. The predicted molar refractivity (Wildman–Crippen MR) is 156 cm³/mol. The molecule has 0 amide bonds. The van der Waals surface area contributed by atoms with Crippen LogP contribution in [0.2, 0.25) is 10.0 Å². The molecule has 3 aromatic heterocycles. The Bertz CT molecular complexity index is 1950. The third-order valence-corrected chi connectivity index (χ3v) is 7.67. The van der Waals surface area contributed by atoms with Crippen molar-refractivity contribution in [3.05, 3.63) is 109 Å². The molecule has 39 heavy (non-hydrogen) atoms. The maximum Gasteiger partial charge on any atom is 0.291 e. The van der Waals surface area contributed by atoms with E-state index in [9.17, 15) is 4.79 Å². The summed E-state index contributed by atoms with van der Waals surface area (Å²) in [4.78, 5) is 18.4. The fourth-order valence-corrected chi connectivity index (χ4v) is 5.73. The zero-order valence-corrected chi connectivity index (χ0v) is 23.3. The van der Waals surface area contributed by atoms with Crippen molar-refractivity contribution in [2.75, 3.05) is 6.61 Å². The highest BCUT2D eigenvalue weighted by Gasteiger charge is 2.17. The van der Waals surface area contributed by atoms with E-state index in [-0.39, 0.29) is 5.56 Å². The van der Waals surface area contributed by atoms with Crippen molar-refractivity contribution in [1.29, 1.82) is 0 Å². The number of aromatic nitrogens is 5. The summed E-state index contributed by atoms with van der Waals surface area (Å²) < 4.78 is 9.29. The van der Waals surface area contributed by atoms with Crippen molar-refractivity contribution in [3.63, 3.8) is 0 Å². The van der Waals surface area contributed by atoms with Gasteiger partial charge in [0.05, 0.1) is 21.8 Å². The predicted octanol–water partition coefficient (Wildman–Crippen LogP) is 6.23. The van der Waals surface area contributed by atoms with Crippen LogP contribution >= 0.6 is 34.5 Å². The molecule has 0 fully saturated rings. The van der Waals surface area contributed by atoms with E-state index in [0.29, 0.717) is 37.5 Å². The average molecular weight is 574 g/mol. The summed E-state index contributed by atoms with van der Waals surface area (Å²) in [6, 6.07) is 20.9. The summed E-state index contributed by atoms with van der Waals surface area (Å²) >= 11 is 13.6. The quantitative estimate of drug-likeness (QED) is 0.236. The lowest BCUT2D eigenvalue weighted by Gasteiger charge is -2.08. The topological polar surface area (TPSA) is 74.3 Å². The van der Waals surface area contributed by atoms with Gasteiger partial charge in [-0.25, -0.2) is 4.68 Å². The minimum Gasteiger partial charge on any atom is -0.494 e. The van der Waals surface area contributed by atoms with E-state index in [4.69, 9.17) is 33.0 Å². The average Bonchev–Trinajstić information content (AvgIpc) is 3.60. The number of rotatable bonds is 6. The lowest BCUT2D eigenvalue weighted by Crippen LogP contribution is -2.23. The molecule has 0 saturated carbocycles. The molecule has 0 atom stereocenters. The second kappa shape index (κ2) is 10.3. The zero-order chi connectivity index (χ0) is 27.1.